The number of carbonyl (C=O) groups is 1. The zero-order chi connectivity index (χ0) is 20.2. The topological polar surface area (TPSA) is 42.0 Å². The third-order valence-electron chi connectivity index (χ3n) is 5.57. The molecule has 5 heteroatoms. The molecule has 1 amide bonds. The molecule has 1 aliphatic heterocycles. The lowest BCUT2D eigenvalue weighted by molar-refractivity contribution is 0.0625. The minimum atomic E-state index is -0.00874. The lowest BCUT2D eigenvalue weighted by Gasteiger charge is -2.35. The van der Waals surface area contributed by atoms with E-state index in [2.05, 4.69) is 47.4 Å². The molecular formula is C24H26N2O3. The molecule has 1 aliphatic rings. The minimum absolute atomic E-state index is 0.00874. The zero-order valence-corrected chi connectivity index (χ0v) is 16.9. The summed E-state index contributed by atoms with van der Waals surface area (Å²) in [5, 5.41) is 2.57. The van der Waals surface area contributed by atoms with E-state index in [0.717, 1.165) is 19.6 Å². The van der Waals surface area contributed by atoms with Crippen molar-refractivity contribution in [2.24, 2.45) is 0 Å². The second-order valence-corrected chi connectivity index (χ2v) is 7.27. The molecule has 0 radical (unpaired) electrons. The van der Waals surface area contributed by atoms with Gasteiger partial charge in [0, 0.05) is 32.7 Å². The molecule has 0 spiro atoms. The first kappa shape index (κ1) is 19.3. The Hall–Kier alpha value is -3.05. The van der Waals surface area contributed by atoms with Gasteiger partial charge in [0.05, 0.1) is 19.8 Å². The lowest BCUT2D eigenvalue weighted by Crippen LogP contribution is -2.48. The fourth-order valence-corrected chi connectivity index (χ4v) is 3.93. The number of fused-ring (bicyclic) bond motifs is 1. The van der Waals surface area contributed by atoms with E-state index < -0.39 is 0 Å². The molecule has 1 heterocycles. The molecule has 1 fully saturated rings. The van der Waals surface area contributed by atoms with Crippen LogP contribution in [0.15, 0.2) is 60.7 Å². The van der Waals surface area contributed by atoms with E-state index in [9.17, 15) is 4.79 Å². The summed E-state index contributed by atoms with van der Waals surface area (Å²) in [6, 6.07) is 20.3. The molecule has 5 nitrogen and oxygen atoms in total. The maximum absolute atomic E-state index is 13.1. The van der Waals surface area contributed by atoms with Gasteiger partial charge in [-0.2, -0.15) is 0 Å². The highest BCUT2D eigenvalue weighted by Crippen LogP contribution is 2.26. The molecule has 3 aromatic rings. The Kier molecular flexibility index (Phi) is 5.67. The highest BCUT2D eigenvalue weighted by Gasteiger charge is 2.25. The van der Waals surface area contributed by atoms with Crippen LogP contribution in [0.2, 0.25) is 0 Å². The first-order valence-electron chi connectivity index (χ1n) is 9.90. The van der Waals surface area contributed by atoms with Gasteiger partial charge in [0.1, 0.15) is 11.5 Å². The molecule has 0 bridgehead atoms. The van der Waals surface area contributed by atoms with Gasteiger partial charge in [-0.05, 0) is 34.5 Å². The van der Waals surface area contributed by atoms with Crippen molar-refractivity contribution in [1.82, 2.24) is 9.80 Å². The van der Waals surface area contributed by atoms with Gasteiger partial charge >= 0.3 is 0 Å². The predicted molar refractivity (Wildman–Crippen MR) is 115 cm³/mol. The summed E-state index contributed by atoms with van der Waals surface area (Å²) in [5.41, 5.74) is 1.88. The van der Waals surface area contributed by atoms with E-state index in [1.807, 2.05) is 4.90 Å². The Balaban J connectivity index is 1.44. The Morgan fingerprint density at radius 2 is 1.66 bits per heavy atom. The lowest BCUT2D eigenvalue weighted by atomic mass is 10.0. The second kappa shape index (κ2) is 8.53. The van der Waals surface area contributed by atoms with Crippen LogP contribution < -0.4 is 9.47 Å². The molecule has 0 aromatic heterocycles. The quantitative estimate of drug-likeness (QED) is 0.664. The third kappa shape index (κ3) is 4.05. The number of nitrogens with zero attached hydrogens (tertiary/aromatic N) is 2. The van der Waals surface area contributed by atoms with Gasteiger partial charge in [-0.25, -0.2) is 0 Å². The number of benzene rings is 3. The number of amides is 1. The van der Waals surface area contributed by atoms with Crippen molar-refractivity contribution in [1.29, 1.82) is 0 Å². The second-order valence-electron chi connectivity index (χ2n) is 7.27. The molecule has 0 saturated carbocycles. The summed E-state index contributed by atoms with van der Waals surface area (Å²) in [6.45, 7) is 3.99. The van der Waals surface area contributed by atoms with E-state index in [4.69, 9.17) is 9.47 Å². The molecule has 1 saturated heterocycles. The first-order valence-corrected chi connectivity index (χ1v) is 9.90. The minimum Gasteiger partial charge on any atom is -0.497 e. The smallest absolute Gasteiger partial charge is 0.257 e. The summed E-state index contributed by atoms with van der Waals surface area (Å²) in [5.74, 6) is 1.23. The largest absolute Gasteiger partial charge is 0.497 e. The molecule has 0 N–H and O–H groups in total. The van der Waals surface area contributed by atoms with Crippen molar-refractivity contribution >= 4 is 16.7 Å². The average Bonchev–Trinajstić information content (AvgIpc) is 2.79. The first-order chi connectivity index (χ1) is 14.2. The Labute approximate surface area is 171 Å². The third-order valence-corrected chi connectivity index (χ3v) is 5.57. The Morgan fingerprint density at radius 1 is 0.897 bits per heavy atom. The molecule has 150 valence electrons. The van der Waals surface area contributed by atoms with Crippen molar-refractivity contribution in [3.8, 4) is 11.5 Å². The fourth-order valence-electron chi connectivity index (χ4n) is 3.93. The van der Waals surface area contributed by atoms with Crippen LogP contribution in [0.1, 0.15) is 15.9 Å². The fraction of sp³-hybridized carbons (Fsp3) is 0.292. The van der Waals surface area contributed by atoms with Gasteiger partial charge < -0.3 is 14.4 Å². The highest BCUT2D eigenvalue weighted by molar-refractivity contribution is 5.97. The molecule has 0 aliphatic carbocycles. The predicted octanol–water partition coefficient (Wildman–Crippen LogP) is 3.82. The van der Waals surface area contributed by atoms with Gasteiger partial charge in [0.25, 0.3) is 5.91 Å². The van der Waals surface area contributed by atoms with E-state index in [1.54, 1.807) is 32.4 Å². The maximum Gasteiger partial charge on any atom is 0.257 e. The number of ether oxygens (including phenoxy) is 2. The maximum atomic E-state index is 13.1. The number of methoxy groups -OCH3 is 2. The summed E-state index contributed by atoms with van der Waals surface area (Å²) in [7, 11) is 3.18. The van der Waals surface area contributed by atoms with Gasteiger partial charge in [0.2, 0.25) is 0 Å². The normalized spacial score (nSPS) is 14.8. The Bertz CT molecular complexity index is 1000. The molecule has 0 unspecified atom stereocenters. The molecule has 3 aromatic carbocycles. The van der Waals surface area contributed by atoms with Crippen LogP contribution in [0, 0.1) is 0 Å². The molecule has 0 atom stereocenters. The summed E-state index contributed by atoms with van der Waals surface area (Å²) in [6.07, 6.45) is 0. The van der Waals surface area contributed by atoms with Crippen molar-refractivity contribution in [2.75, 3.05) is 40.4 Å². The van der Waals surface area contributed by atoms with Gasteiger partial charge in [-0.15, -0.1) is 0 Å². The van der Waals surface area contributed by atoms with Gasteiger partial charge in [0.15, 0.2) is 0 Å². The van der Waals surface area contributed by atoms with Crippen molar-refractivity contribution in [3.05, 3.63) is 71.8 Å². The molecular weight excluding hydrogens is 364 g/mol. The Morgan fingerprint density at radius 3 is 2.41 bits per heavy atom. The molecule has 29 heavy (non-hydrogen) atoms. The van der Waals surface area contributed by atoms with E-state index >= 15 is 0 Å². The number of rotatable bonds is 5. The van der Waals surface area contributed by atoms with Crippen LogP contribution in [0.3, 0.4) is 0 Å². The summed E-state index contributed by atoms with van der Waals surface area (Å²) < 4.78 is 10.7. The van der Waals surface area contributed by atoms with E-state index in [0.29, 0.717) is 30.2 Å². The van der Waals surface area contributed by atoms with Crippen LogP contribution >= 0.6 is 0 Å². The summed E-state index contributed by atoms with van der Waals surface area (Å²) in [4.78, 5) is 17.4. The summed E-state index contributed by atoms with van der Waals surface area (Å²) >= 11 is 0. The average molecular weight is 390 g/mol. The number of hydrogen-bond donors (Lipinski definition) is 0. The van der Waals surface area contributed by atoms with Crippen molar-refractivity contribution < 1.29 is 14.3 Å². The van der Waals surface area contributed by atoms with Crippen molar-refractivity contribution in [2.45, 2.75) is 6.54 Å². The number of carbonyl (C=O) groups excluding carboxylic acids is 1. The van der Waals surface area contributed by atoms with Gasteiger partial charge in [-0.1, -0.05) is 42.5 Å². The number of hydrogen-bond acceptors (Lipinski definition) is 4. The highest BCUT2D eigenvalue weighted by atomic mass is 16.5. The van der Waals surface area contributed by atoms with Crippen LogP contribution in [0.4, 0.5) is 0 Å². The molecule has 4 rings (SSSR count). The number of piperazine rings is 1. The van der Waals surface area contributed by atoms with Crippen LogP contribution in [-0.4, -0.2) is 56.1 Å². The van der Waals surface area contributed by atoms with Gasteiger partial charge in [-0.3, -0.25) is 9.69 Å². The van der Waals surface area contributed by atoms with E-state index in [-0.39, 0.29) is 5.91 Å². The van der Waals surface area contributed by atoms with Crippen LogP contribution in [0.25, 0.3) is 10.8 Å². The standard InChI is InChI=1S/C24H26N2O3/c1-28-20-10-11-23(29-2)22(16-20)24(27)26-14-12-25(13-15-26)17-19-8-5-7-18-6-3-4-9-21(18)19/h3-11,16H,12-15,17H2,1-2H3. The SMILES string of the molecule is COc1ccc(OC)c(C(=O)N2CCN(Cc3cccc4ccccc34)CC2)c1. The van der Waals surface area contributed by atoms with E-state index in [1.165, 1.54) is 16.3 Å². The zero-order valence-electron chi connectivity index (χ0n) is 16.9. The van der Waals surface area contributed by atoms with Crippen LogP contribution in [0.5, 0.6) is 11.5 Å². The van der Waals surface area contributed by atoms with Crippen LogP contribution in [-0.2, 0) is 6.54 Å². The van der Waals surface area contributed by atoms with Crippen molar-refractivity contribution in [3.63, 3.8) is 0 Å². The monoisotopic (exact) mass is 390 g/mol.